The molecule has 0 aliphatic rings. The zero-order valence-electron chi connectivity index (χ0n) is 11.5. The highest BCUT2D eigenvalue weighted by Gasteiger charge is 2.12. The molecular formula is C17H14Br2N2. The molecule has 21 heavy (non-hydrogen) atoms. The van der Waals surface area contributed by atoms with E-state index in [0.29, 0.717) is 0 Å². The van der Waals surface area contributed by atoms with E-state index in [9.17, 15) is 0 Å². The van der Waals surface area contributed by atoms with Gasteiger partial charge in [0.05, 0.1) is 11.2 Å². The molecule has 1 N–H and O–H groups in total. The van der Waals surface area contributed by atoms with Gasteiger partial charge in [-0.15, -0.1) is 0 Å². The van der Waals surface area contributed by atoms with E-state index >= 15 is 0 Å². The first-order chi connectivity index (χ1) is 10.2. The zero-order valence-corrected chi connectivity index (χ0v) is 14.7. The van der Waals surface area contributed by atoms with Gasteiger partial charge in [0.15, 0.2) is 0 Å². The Kier molecular flexibility index (Phi) is 4.27. The van der Waals surface area contributed by atoms with E-state index in [2.05, 4.69) is 62.3 Å². The van der Waals surface area contributed by atoms with Crippen LogP contribution in [0.15, 0.2) is 57.5 Å². The van der Waals surface area contributed by atoms with Crippen LogP contribution < -0.4 is 5.32 Å². The van der Waals surface area contributed by atoms with Crippen molar-refractivity contribution in [2.75, 3.05) is 11.9 Å². The summed E-state index contributed by atoms with van der Waals surface area (Å²) >= 11 is 7.24. The minimum absolute atomic E-state index is 0.867. The summed E-state index contributed by atoms with van der Waals surface area (Å²) in [6, 6.07) is 16.4. The molecule has 3 rings (SSSR count). The minimum Gasteiger partial charge on any atom is -0.385 e. The molecular weight excluding hydrogens is 392 g/mol. The lowest BCUT2D eigenvalue weighted by molar-refractivity contribution is 1.21. The molecule has 0 saturated heterocycles. The van der Waals surface area contributed by atoms with Crippen molar-refractivity contribution in [3.8, 4) is 11.3 Å². The number of nitrogens with zero attached hydrogens (tertiary/aromatic N) is 1. The molecule has 4 heteroatoms. The lowest BCUT2D eigenvalue weighted by Crippen LogP contribution is -2.00. The van der Waals surface area contributed by atoms with Gasteiger partial charge in [-0.05, 0) is 41.1 Å². The van der Waals surface area contributed by atoms with Crippen molar-refractivity contribution in [3.05, 3.63) is 57.5 Å². The summed E-state index contributed by atoms with van der Waals surface area (Å²) in [4.78, 5) is 4.83. The predicted octanol–water partition coefficient (Wildman–Crippen LogP) is 5.86. The molecule has 1 heterocycles. The number of rotatable bonds is 3. The van der Waals surface area contributed by atoms with Crippen molar-refractivity contribution in [1.82, 2.24) is 4.98 Å². The molecule has 0 atom stereocenters. The second-order valence-corrected chi connectivity index (χ2v) is 6.41. The van der Waals surface area contributed by atoms with Crippen LogP contribution in [0.1, 0.15) is 6.92 Å². The van der Waals surface area contributed by atoms with E-state index in [0.717, 1.165) is 43.3 Å². The summed E-state index contributed by atoms with van der Waals surface area (Å²) in [7, 11) is 0. The first kappa shape index (κ1) is 14.5. The average Bonchev–Trinajstić information content (AvgIpc) is 2.52. The van der Waals surface area contributed by atoms with Gasteiger partial charge in [-0.3, -0.25) is 0 Å². The highest BCUT2D eigenvalue weighted by atomic mass is 79.9. The second kappa shape index (κ2) is 6.16. The van der Waals surface area contributed by atoms with Crippen molar-refractivity contribution in [3.63, 3.8) is 0 Å². The molecule has 106 valence electrons. The van der Waals surface area contributed by atoms with E-state index in [1.54, 1.807) is 0 Å². The Balaban J connectivity index is 2.32. The summed E-state index contributed by atoms with van der Waals surface area (Å²) < 4.78 is 2.04. The van der Waals surface area contributed by atoms with Gasteiger partial charge in [0.2, 0.25) is 0 Å². The quantitative estimate of drug-likeness (QED) is 0.590. The van der Waals surface area contributed by atoms with E-state index < -0.39 is 0 Å². The predicted molar refractivity (Wildman–Crippen MR) is 96.7 cm³/mol. The third-order valence-corrected chi connectivity index (χ3v) is 4.60. The normalized spacial score (nSPS) is 10.8. The fraction of sp³-hybridized carbons (Fsp3) is 0.118. The minimum atomic E-state index is 0.867. The van der Waals surface area contributed by atoms with Crippen molar-refractivity contribution < 1.29 is 0 Å². The number of halogens is 2. The standard InChI is InChI=1S/C17H14Br2N2/c1-2-20-15-10-14(11-6-4-3-5-7-11)21-17-13(19)9-8-12(18)16(15)17/h3-10H,2H2,1H3,(H,20,21). The number of hydrogen-bond acceptors (Lipinski definition) is 2. The van der Waals surface area contributed by atoms with Gasteiger partial charge in [0, 0.05) is 32.1 Å². The third-order valence-electron chi connectivity index (χ3n) is 3.30. The monoisotopic (exact) mass is 404 g/mol. The van der Waals surface area contributed by atoms with E-state index in [4.69, 9.17) is 4.98 Å². The fourth-order valence-corrected chi connectivity index (χ4v) is 3.31. The molecule has 0 saturated carbocycles. The van der Waals surface area contributed by atoms with E-state index in [-0.39, 0.29) is 0 Å². The fourth-order valence-electron chi connectivity index (χ4n) is 2.35. The number of nitrogens with one attached hydrogen (secondary N) is 1. The maximum atomic E-state index is 4.83. The van der Waals surface area contributed by atoms with Crippen LogP contribution in [0, 0.1) is 0 Å². The molecule has 0 amide bonds. The molecule has 0 spiro atoms. The van der Waals surface area contributed by atoms with Crippen molar-refractivity contribution in [2.45, 2.75) is 6.92 Å². The second-order valence-electron chi connectivity index (χ2n) is 4.70. The molecule has 0 aliphatic heterocycles. The maximum absolute atomic E-state index is 4.83. The molecule has 0 aliphatic carbocycles. The third kappa shape index (κ3) is 2.83. The lowest BCUT2D eigenvalue weighted by Gasteiger charge is -2.13. The SMILES string of the molecule is CCNc1cc(-c2ccccc2)nc2c(Br)ccc(Br)c12. The molecule has 0 bridgehead atoms. The summed E-state index contributed by atoms with van der Waals surface area (Å²) in [6.07, 6.45) is 0. The van der Waals surface area contributed by atoms with Gasteiger partial charge < -0.3 is 5.32 Å². The molecule has 1 aromatic heterocycles. The van der Waals surface area contributed by atoms with Gasteiger partial charge >= 0.3 is 0 Å². The topological polar surface area (TPSA) is 24.9 Å². The van der Waals surface area contributed by atoms with Crippen LogP contribution in [0.2, 0.25) is 0 Å². The summed E-state index contributed by atoms with van der Waals surface area (Å²) in [5, 5.41) is 4.54. The average molecular weight is 406 g/mol. The van der Waals surface area contributed by atoms with Crippen LogP contribution in [-0.2, 0) is 0 Å². The first-order valence-corrected chi connectivity index (χ1v) is 8.37. The number of fused-ring (bicyclic) bond motifs is 1. The Morgan fingerprint density at radius 1 is 1.00 bits per heavy atom. The van der Waals surface area contributed by atoms with Crippen LogP contribution in [0.5, 0.6) is 0 Å². The summed E-state index contributed by atoms with van der Waals surface area (Å²) in [6.45, 7) is 2.96. The number of hydrogen-bond donors (Lipinski definition) is 1. The highest BCUT2D eigenvalue weighted by Crippen LogP contribution is 2.36. The largest absolute Gasteiger partial charge is 0.385 e. The Morgan fingerprint density at radius 3 is 2.43 bits per heavy atom. The van der Waals surface area contributed by atoms with Gasteiger partial charge in [0.25, 0.3) is 0 Å². The van der Waals surface area contributed by atoms with Crippen LogP contribution in [0.4, 0.5) is 5.69 Å². The smallest absolute Gasteiger partial charge is 0.0883 e. The highest BCUT2D eigenvalue weighted by molar-refractivity contribution is 9.11. The number of pyridine rings is 1. The van der Waals surface area contributed by atoms with Crippen LogP contribution >= 0.6 is 31.9 Å². The molecule has 3 aromatic rings. The van der Waals surface area contributed by atoms with E-state index in [1.807, 2.05) is 30.3 Å². The Labute approximate surface area is 140 Å². The molecule has 0 unspecified atom stereocenters. The van der Waals surface area contributed by atoms with Crippen molar-refractivity contribution >= 4 is 48.5 Å². The van der Waals surface area contributed by atoms with Gasteiger partial charge in [-0.1, -0.05) is 46.3 Å². The van der Waals surface area contributed by atoms with Gasteiger partial charge in [-0.2, -0.15) is 0 Å². The van der Waals surface area contributed by atoms with Crippen LogP contribution in [-0.4, -0.2) is 11.5 Å². The van der Waals surface area contributed by atoms with Crippen LogP contribution in [0.25, 0.3) is 22.2 Å². The lowest BCUT2D eigenvalue weighted by atomic mass is 10.1. The summed E-state index contributed by atoms with van der Waals surface area (Å²) in [5.41, 5.74) is 4.14. The van der Waals surface area contributed by atoms with Gasteiger partial charge in [-0.25, -0.2) is 4.98 Å². The van der Waals surface area contributed by atoms with Gasteiger partial charge in [0.1, 0.15) is 0 Å². The molecule has 2 nitrogen and oxygen atoms in total. The number of anilines is 1. The molecule has 0 fully saturated rings. The molecule has 0 radical (unpaired) electrons. The van der Waals surface area contributed by atoms with Crippen LogP contribution in [0.3, 0.4) is 0 Å². The Morgan fingerprint density at radius 2 is 1.71 bits per heavy atom. The zero-order chi connectivity index (χ0) is 14.8. The summed E-state index contributed by atoms with van der Waals surface area (Å²) in [5.74, 6) is 0. The number of benzene rings is 2. The Bertz CT molecular complexity index is 786. The van der Waals surface area contributed by atoms with Crippen molar-refractivity contribution in [1.29, 1.82) is 0 Å². The van der Waals surface area contributed by atoms with Crippen molar-refractivity contribution in [2.24, 2.45) is 0 Å². The number of aromatic nitrogens is 1. The molecule has 2 aromatic carbocycles. The maximum Gasteiger partial charge on any atom is 0.0883 e. The Hall–Kier alpha value is -1.39. The van der Waals surface area contributed by atoms with E-state index in [1.165, 1.54) is 0 Å². The first-order valence-electron chi connectivity index (χ1n) is 6.78.